The number of aryl methyl sites for hydroxylation is 1. The van der Waals surface area contributed by atoms with Gasteiger partial charge in [-0.3, -0.25) is 9.59 Å². The van der Waals surface area contributed by atoms with Gasteiger partial charge in [-0.15, -0.1) is 0 Å². The summed E-state index contributed by atoms with van der Waals surface area (Å²) in [5.41, 5.74) is 6.66. The summed E-state index contributed by atoms with van der Waals surface area (Å²) in [5, 5.41) is 2.67. The van der Waals surface area contributed by atoms with E-state index >= 15 is 0 Å². The Morgan fingerprint density at radius 3 is 2.42 bits per heavy atom. The van der Waals surface area contributed by atoms with E-state index < -0.39 is 11.8 Å². The van der Waals surface area contributed by atoms with Crippen LogP contribution in [0.3, 0.4) is 0 Å². The number of pyridine rings is 1. The number of anilines is 1. The largest absolute Gasteiger partial charge is 0.366 e. The van der Waals surface area contributed by atoms with Crippen molar-refractivity contribution < 1.29 is 9.59 Å². The molecule has 5 nitrogen and oxygen atoms in total. The van der Waals surface area contributed by atoms with Crippen molar-refractivity contribution in [1.29, 1.82) is 0 Å². The van der Waals surface area contributed by atoms with Crippen molar-refractivity contribution in [2.75, 3.05) is 5.32 Å². The van der Waals surface area contributed by atoms with Crippen LogP contribution in [0.15, 0.2) is 42.5 Å². The molecule has 1 aromatic heterocycles. The first-order chi connectivity index (χ1) is 9.08. The summed E-state index contributed by atoms with van der Waals surface area (Å²) in [6.07, 6.45) is 0. The van der Waals surface area contributed by atoms with E-state index in [-0.39, 0.29) is 11.3 Å². The maximum atomic E-state index is 12.1. The molecule has 5 heteroatoms. The van der Waals surface area contributed by atoms with Crippen LogP contribution in [0.2, 0.25) is 0 Å². The number of amides is 2. The highest BCUT2D eigenvalue weighted by Crippen LogP contribution is 2.11. The molecule has 0 saturated heterocycles. The number of nitrogens with zero attached hydrogens (tertiary/aromatic N) is 1. The molecule has 96 valence electrons. The highest BCUT2D eigenvalue weighted by Gasteiger charge is 2.17. The van der Waals surface area contributed by atoms with E-state index in [4.69, 9.17) is 5.73 Å². The van der Waals surface area contributed by atoms with Gasteiger partial charge < -0.3 is 11.1 Å². The van der Waals surface area contributed by atoms with Crippen LogP contribution in [0, 0.1) is 6.92 Å². The first-order valence-corrected chi connectivity index (χ1v) is 5.72. The second kappa shape index (κ2) is 5.30. The van der Waals surface area contributed by atoms with Crippen LogP contribution in [0.4, 0.5) is 5.69 Å². The molecule has 0 bridgehead atoms. The Morgan fingerprint density at radius 2 is 1.79 bits per heavy atom. The highest BCUT2D eigenvalue weighted by atomic mass is 16.2. The minimum absolute atomic E-state index is 0.0383. The number of hydrogen-bond donors (Lipinski definition) is 2. The van der Waals surface area contributed by atoms with E-state index in [2.05, 4.69) is 10.3 Å². The lowest BCUT2D eigenvalue weighted by Gasteiger charge is -2.08. The molecule has 2 aromatic rings. The first kappa shape index (κ1) is 12.8. The third-order valence-electron chi connectivity index (χ3n) is 2.55. The molecule has 3 N–H and O–H groups in total. The van der Waals surface area contributed by atoms with Gasteiger partial charge in [-0.05, 0) is 31.2 Å². The Kier molecular flexibility index (Phi) is 3.56. The highest BCUT2D eigenvalue weighted by molar-refractivity contribution is 6.10. The lowest BCUT2D eigenvalue weighted by Crippen LogP contribution is -2.22. The van der Waals surface area contributed by atoms with Gasteiger partial charge in [0.1, 0.15) is 5.69 Å². The SMILES string of the molecule is Cc1ccc(C(N)=O)c(C(=O)Nc2ccccc2)n1. The van der Waals surface area contributed by atoms with Gasteiger partial charge in [0, 0.05) is 11.4 Å². The van der Waals surface area contributed by atoms with E-state index in [0.717, 1.165) is 0 Å². The molecule has 0 aliphatic carbocycles. The fraction of sp³-hybridized carbons (Fsp3) is 0.0714. The second-order valence-electron chi connectivity index (χ2n) is 4.03. The Balaban J connectivity index is 2.33. The average molecular weight is 255 g/mol. The summed E-state index contributed by atoms with van der Waals surface area (Å²) >= 11 is 0. The summed E-state index contributed by atoms with van der Waals surface area (Å²) in [7, 11) is 0. The van der Waals surface area contributed by atoms with Gasteiger partial charge in [0.25, 0.3) is 11.8 Å². The van der Waals surface area contributed by atoms with Crippen LogP contribution in [0.25, 0.3) is 0 Å². The van der Waals surface area contributed by atoms with E-state index in [1.165, 1.54) is 6.07 Å². The van der Waals surface area contributed by atoms with Crippen molar-refractivity contribution in [3.8, 4) is 0 Å². The number of carbonyl (C=O) groups excluding carboxylic acids is 2. The number of hydrogen-bond acceptors (Lipinski definition) is 3. The molecule has 2 amide bonds. The zero-order valence-electron chi connectivity index (χ0n) is 10.4. The molecule has 2 rings (SSSR count). The molecule has 19 heavy (non-hydrogen) atoms. The molecule has 0 fully saturated rings. The molecular formula is C14H13N3O2. The minimum atomic E-state index is -0.675. The van der Waals surface area contributed by atoms with Crippen molar-refractivity contribution >= 4 is 17.5 Å². The van der Waals surface area contributed by atoms with E-state index in [1.54, 1.807) is 37.3 Å². The van der Waals surface area contributed by atoms with Crippen molar-refractivity contribution in [2.45, 2.75) is 6.92 Å². The number of nitrogens with one attached hydrogen (secondary N) is 1. The van der Waals surface area contributed by atoms with Crippen LogP contribution >= 0.6 is 0 Å². The Labute approximate surface area is 110 Å². The quantitative estimate of drug-likeness (QED) is 0.876. The topological polar surface area (TPSA) is 85.1 Å². The Morgan fingerprint density at radius 1 is 1.11 bits per heavy atom. The molecule has 0 aliphatic rings. The molecular weight excluding hydrogens is 242 g/mol. The number of primary amides is 1. The fourth-order valence-corrected chi connectivity index (χ4v) is 1.64. The number of rotatable bonds is 3. The average Bonchev–Trinajstić information content (AvgIpc) is 2.39. The molecule has 0 aliphatic heterocycles. The minimum Gasteiger partial charge on any atom is -0.366 e. The van der Waals surface area contributed by atoms with Gasteiger partial charge in [-0.25, -0.2) is 4.98 Å². The van der Waals surface area contributed by atoms with E-state index in [9.17, 15) is 9.59 Å². The van der Waals surface area contributed by atoms with E-state index in [1.807, 2.05) is 6.07 Å². The van der Waals surface area contributed by atoms with E-state index in [0.29, 0.717) is 11.4 Å². The van der Waals surface area contributed by atoms with Crippen molar-refractivity contribution in [1.82, 2.24) is 4.98 Å². The third kappa shape index (κ3) is 2.95. The molecule has 0 saturated carbocycles. The zero-order valence-corrected chi connectivity index (χ0v) is 10.4. The summed E-state index contributed by atoms with van der Waals surface area (Å²) in [5.74, 6) is -1.13. The normalized spacial score (nSPS) is 9.95. The third-order valence-corrected chi connectivity index (χ3v) is 2.55. The van der Waals surface area contributed by atoms with Crippen LogP contribution in [0.5, 0.6) is 0 Å². The standard InChI is InChI=1S/C14H13N3O2/c1-9-7-8-11(13(15)18)12(16-9)14(19)17-10-5-3-2-4-6-10/h2-8H,1H3,(H2,15,18)(H,17,19). The van der Waals surface area contributed by atoms with Crippen LogP contribution < -0.4 is 11.1 Å². The van der Waals surface area contributed by atoms with Gasteiger partial charge in [-0.1, -0.05) is 18.2 Å². The van der Waals surface area contributed by atoms with Gasteiger partial charge in [0.05, 0.1) is 5.56 Å². The van der Waals surface area contributed by atoms with Crippen LogP contribution in [0.1, 0.15) is 26.5 Å². The summed E-state index contributed by atoms with van der Waals surface area (Å²) < 4.78 is 0. The van der Waals surface area contributed by atoms with Crippen molar-refractivity contribution in [3.05, 3.63) is 59.4 Å². The molecule has 1 heterocycles. The summed E-state index contributed by atoms with van der Waals surface area (Å²) in [6, 6.07) is 12.1. The lowest BCUT2D eigenvalue weighted by atomic mass is 10.1. The maximum absolute atomic E-state index is 12.1. The van der Waals surface area contributed by atoms with Gasteiger partial charge in [0.2, 0.25) is 0 Å². The molecule has 0 atom stereocenters. The number of carbonyl (C=O) groups is 2. The Hall–Kier alpha value is -2.69. The van der Waals surface area contributed by atoms with Gasteiger partial charge in [-0.2, -0.15) is 0 Å². The maximum Gasteiger partial charge on any atom is 0.275 e. The summed E-state index contributed by atoms with van der Waals surface area (Å²) in [6.45, 7) is 1.74. The molecule has 0 spiro atoms. The summed E-state index contributed by atoms with van der Waals surface area (Å²) in [4.78, 5) is 27.5. The fourth-order valence-electron chi connectivity index (χ4n) is 1.64. The number of benzene rings is 1. The second-order valence-corrected chi connectivity index (χ2v) is 4.03. The predicted octanol–water partition coefficient (Wildman–Crippen LogP) is 1.74. The number of nitrogens with two attached hydrogens (primary N) is 1. The molecule has 0 radical (unpaired) electrons. The van der Waals surface area contributed by atoms with Crippen molar-refractivity contribution in [3.63, 3.8) is 0 Å². The molecule has 0 unspecified atom stereocenters. The number of aromatic nitrogens is 1. The predicted molar refractivity (Wildman–Crippen MR) is 71.9 cm³/mol. The Bertz CT molecular complexity index is 624. The smallest absolute Gasteiger partial charge is 0.275 e. The van der Waals surface area contributed by atoms with Gasteiger partial charge in [0.15, 0.2) is 0 Å². The van der Waals surface area contributed by atoms with Crippen LogP contribution in [-0.2, 0) is 0 Å². The zero-order chi connectivity index (χ0) is 13.8. The monoisotopic (exact) mass is 255 g/mol. The number of para-hydroxylation sites is 1. The molecule has 1 aromatic carbocycles. The van der Waals surface area contributed by atoms with Crippen molar-refractivity contribution in [2.24, 2.45) is 5.73 Å². The first-order valence-electron chi connectivity index (χ1n) is 5.72. The van der Waals surface area contributed by atoms with Gasteiger partial charge >= 0.3 is 0 Å². The lowest BCUT2D eigenvalue weighted by molar-refractivity contribution is 0.0974. The van der Waals surface area contributed by atoms with Crippen LogP contribution in [-0.4, -0.2) is 16.8 Å².